The van der Waals surface area contributed by atoms with E-state index in [0.29, 0.717) is 6.42 Å². The Morgan fingerprint density at radius 2 is 1.67 bits per heavy atom. The first-order valence-electron chi connectivity index (χ1n) is 11.4. The number of allylic oxidation sites excluding steroid dienone is 6. The van der Waals surface area contributed by atoms with Gasteiger partial charge < -0.3 is 9.84 Å². The van der Waals surface area contributed by atoms with Crippen molar-refractivity contribution in [3.8, 4) is 0 Å². The first-order chi connectivity index (χ1) is 14.7. The van der Waals surface area contributed by atoms with Crippen LogP contribution >= 0.6 is 0 Å². The molecule has 30 heavy (non-hydrogen) atoms. The van der Waals surface area contributed by atoms with E-state index in [9.17, 15) is 9.90 Å². The normalized spacial score (nSPS) is 13.0. The fourth-order valence-corrected chi connectivity index (χ4v) is 3.02. The second-order valence-corrected chi connectivity index (χ2v) is 7.52. The van der Waals surface area contributed by atoms with E-state index >= 15 is 0 Å². The Morgan fingerprint density at radius 1 is 1.00 bits per heavy atom. The Kier molecular flexibility index (Phi) is 16.2. The summed E-state index contributed by atoms with van der Waals surface area (Å²) in [7, 11) is 0. The van der Waals surface area contributed by atoms with Crippen molar-refractivity contribution in [3.63, 3.8) is 0 Å². The molecule has 0 aliphatic rings. The van der Waals surface area contributed by atoms with Crippen LogP contribution in [0.15, 0.2) is 61.0 Å². The lowest BCUT2D eigenvalue weighted by Gasteiger charge is -2.13. The van der Waals surface area contributed by atoms with Gasteiger partial charge in [-0.1, -0.05) is 75.1 Å². The number of unbranched alkanes of at least 4 members (excludes halogenated alkanes) is 6. The van der Waals surface area contributed by atoms with E-state index in [1.165, 1.54) is 25.7 Å². The zero-order valence-corrected chi connectivity index (χ0v) is 18.5. The average Bonchev–Trinajstić information content (AvgIpc) is 2.76. The number of aromatic nitrogens is 1. The second-order valence-electron chi connectivity index (χ2n) is 7.52. The molecule has 0 bridgehead atoms. The number of hydrogen-bond donors (Lipinski definition) is 1. The maximum atomic E-state index is 11.3. The zero-order chi connectivity index (χ0) is 21.7. The van der Waals surface area contributed by atoms with Crippen molar-refractivity contribution in [2.45, 2.75) is 90.3 Å². The molecule has 1 heterocycles. The van der Waals surface area contributed by atoms with Crippen LogP contribution in [0.1, 0.15) is 83.1 Å². The maximum absolute atomic E-state index is 11.3. The van der Waals surface area contributed by atoms with Crippen LogP contribution in [0.2, 0.25) is 0 Å². The van der Waals surface area contributed by atoms with E-state index in [1.54, 1.807) is 12.4 Å². The minimum absolute atomic E-state index is 0.287. The monoisotopic (exact) mass is 413 g/mol. The van der Waals surface area contributed by atoms with Crippen molar-refractivity contribution < 1.29 is 14.6 Å². The lowest BCUT2D eigenvalue weighted by Crippen LogP contribution is -2.23. The van der Waals surface area contributed by atoms with Gasteiger partial charge in [0.05, 0.1) is 6.61 Å². The van der Waals surface area contributed by atoms with E-state index in [-0.39, 0.29) is 6.61 Å². The number of pyridine rings is 1. The lowest BCUT2D eigenvalue weighted by molar-refractivity contribution is -0.151. The number of aliphatic carboxylic acids is 1. The molecule has 1 N–H and O–H groups in total. The number of hydrogen-bond acceptors (Lipinski definition) is 3. The Hall–Kier alpha value is -2.20. The standard InChI is InChI=1S/C26H39NO3/c1-2-3-4-5-6-7-8-9-10-11-12-13-14-15-16-17-20-25(26(28)29)30-23-24-19-18-21-27-22-24/h6-7,9-10,12-13,18-19,21-22,25H,2-5,8,11,14-17,20,23H2,1H3,(H,28,29)/b7-6-,10-9-,13-12-. The molecule has 1 aromatic rings. The van der Waals surface area contributed by atoms with E-state index in [1.807, 2.05) is 12.1 Å². The third kappa shape index (κ3) is 14.7. The van der Waals surface area contributed by atoms with E-state index in [2.05, 4.69) is 48.4 Å². The summed E-state index contributed by atoms with van der Waals surface area (Å²) in [4.78, 5) is 15.4. The maximum Gasteiger partial charge on any atom is 0.332 e. The molecule has 4 nitrogen and oxygen atoms in total. The highest BCUT2D eigenvalue weighted by Crippen LogP contribution is 2.11. The quantitative estimate of drug-likeness (QED) is 0.207. The van der Waals surface area contributed by atoms with Gasteiger partial charge in [0.2, 0.25) is 0 Å². The summed E-state index contributed by atoms with van der Waals surface area (Å²) >= 11 is 0. The summed E-state index contributed by atoms with van der Waals surface area (Å²) < 4.78 is 5.55. The molecular formula is C26H39NO3. The molecule has 1 unspecified atom stereocenters. The van der Waals surface area contributed by atoms with E-state index < -0.39 is 12.1 Å². The molecule has 166 valence electrons. The summed E-state index contributed by atoms with van der Waals surface area (Å²) in [6, 6.07) is 3.71. The third-order valence-corrected chi connectivity index (χ3v) is 4.81. The molecule has 1 atom stereocenters. The molecule has 1 aromatic heterocycles. The SMILES string of the molecule is CCCCC/C=C\C/C=C\C/C=C\CCCCCC(OCc1cccnc1)C(=O)O. The fraction of sp³-hybridized carbons (Fsp3) is 0.538. The molecule has 0 fully saturated rings. The minimum atomic E-state index is -0.888. The lowest BCUT2D eigenvalue weighted by atomic mass is 10.1. The molecule has 0 spiro atoms. The van der Waals surface area contributed by atoms with Crippen molar-refractivity contribution in [2.24, 2.45) is 0 Å². The van der Waals surface area contributed by atoms with Gasteiger partial charge in [-0.15, -0.1) is 0 Å². The van der Waals surface area contributed by atoms with E-state index in [4.69, 9.17) is 4.74 Å². The predicted octanol–water partition coefficient (Wildman–Crippen LogP) is 7.03. The average molecular weight is 414 g/mol. The largest absolute Gasteiger partial charge is 0.479 e. The zero-order valence-electron chi connectivity index (χ0n) is 18.5. The van der Waals surface area contributed by atoms with Gasteiger partial charge in [0, 0.05) is 12.4 Å². The third-order valence-electron chi connectivity index (χ3n) is 4.81. The molecule has 0 saturated carbocycles. The van der Waals surface area contributed by atoms with Crippen LogP contribution in [0.4, 0.5) is 0 Å². The Bertz CT molecular complexity index is 622. The molecule has 1 rings (SSSR count). The Morgan fingerprint density at radius 3 is 2.27 bits per heavy atom. The van der Waals surface area contributed by atoms with E-state index in [0.717, 1.165) is 44.1 Å². The number of rotatable bonds is 18. The Balaban J connectivity index is 2.02. The molecule has 0 saturated heterocycles. The number of nitrogens with zero attached hydrogens (tertiary/aromatic N) is 1. The van der Waals surface area contributed by atoms with Gasteiger partial charge in [-0.25, -0.2) is 4.79 Å². The topological polar surface area (TPSA) is 59.4 Å². The molecule has 0 amide bonds. The molecular weight excluding hydrogens is 374 g/mol. The smallest absolute Gasteiger partial charge is 0.332 e. The van der Waals surface area contributed by atoms with Crippen molar-refractivity contribution in [1.82, 2.24) is 4.98 Å². The highest BCUT2D eigenvalue weighted by Gasteiger charge is 2.17. The predicted molar refractivity (Wildman–Crippen MR) is 124 cm³/mol. The van der Waals surface area contributed by atoms with Crippen LogP contribution in [0, 0.1) is 0 Å². The van der Waals surface area contributed by atoms with Crippen molar-refractivity contribution in [3.05, 3.63) is 66.5 Å². The van der Waals surface area contributed by atoms with Gasteiger partial charge in [0.15, 0.2) is 6.10 Å². The van der Waals surface area contributed by atoms with Crippen LogP contribution < -0.4 is 0 Å². The number of carboxylic acids is 1. The van der Waals surface area contributed by atoms with Gasteiger partial charge in [0.25, 0.3) is 0 Å². The van der Waals surface area contributed by atoms with Crippen LogP contribution in [-0.2, 0) is 16.1 Å². The summed E-state index contributed by atoms with van der Waals surface area (Å²) in [6.45, 7) is 2.52. The molecule has 0 aromatic carbocycles. The fourth-order valence-electron chi connectivity index (χ4n) is 3.02. The highest BCUT2D eigenvalue weighted by atomic mass is 16.5. The number of carbonyl (C=O) groups is 1. The molecule has 0 aliphatic carbocycles. The molecule has 4 heteroatoms. The number of ether oxygens (including phenoxy) is 1. The Labute approximate surface area is 182 Å². The van der Waals surface area contributed by atoms with Gasteiger partial charge in [0.1, 0.15) is 0 Å². The van der Waals surface area contributed by atoms with Gasteiger partial charge >= 0.3 is 5.97 Å². The first-order valence-corrected chi connectivity index (χ1v) is 11.4. The van der Waals surface area contributed by atoms with Crippen LogP contribution in [0.5, 0.6) is 0 Å². The summed E-state index contributed by atoms with van der Waals surface area (Å²) in [5.74, 6) is -0.888. The van der Waals surface area contributed by atoms with Crippen LogP contribution in [-0.4, -0.2) is 22.2 Å². The molecule has 0 aliphatic heterocycles. The second kappa shape index (κ2) is 18.8. The highest BCUT2D eigenvalue weighted by molar-refractivity contribution is 5.72. The minimum Gasteiger partial charge on any atom is -0.479 e. The van der Waals surface area contributed by atoms with Crippen molar-refractivity contribution in [2.75, 3.05) is 0 Å². The van der Waals surface area contributed by atoms with Crippen molar-refractivity contribution in [1.29, 1.82) is 0 Å². The number of carboxylic acid groups (broad SMARTS) is 1. The molecule has 0 radical (unpaired) electrons. The first kappa shape index (κ1) is 25.8. The van der Waals surface area contributed by atoms with Gasteiger partial charge in [-0.2, -0.15) is 0 Å². The summed E-state index contributed by atoms with van der Waals surface area (Å²) in [5.41, 5.74) is 0.894. The summed E-state index contributed by atoms with van der Waals surface area (Å²) in [6.07, 6.45) is 27.7. The summed E-state index contributed by atoms with van der Waals surface area (Å²) in [5, 5.41) is 9.31. The van der Waals surface area contributed by atoms with Crippen LogP contribution in [0.25, 0.3) is 0 Å². The van der Waals surface area contributed by atoms with Crippen molar-refractivity contribution >= 4 is 5.97 Å². The van der Waals surface area contributed by atoms with Gasteiger partial charge in [-0.05, 0) is 56.6 Å². The van der Waals surface area contributed by atoms with Crippen LogP contribution in [0.3, 0.4) is 0 Å². The van der Waals surface area contributed by atoms with Gasteiger partial charge in [-0.3, -0.25) is 4.98 Å².